The lowest BCUT2D eigenvalue weighted by molar-refractivity contribution is 0.0251. The summed E-state index contributed by atoms with van der Waals surface area (Å²) in [6.45, 7) is 3.76. The summed E-state index contributed by atoms with van der Waals surface area (Å²) in [6, 6.07) is 2.46. The van der Waals surface area contributed by atoms with Crippen molar-refractivity contribution >= 4 is 21.7 Å². The van der Waals surface area contributed by atoms with Gasteiger partial charge in [-0.15, -0.1) is 0 Å². The molecule has 3 N–H and O–H groups in total. The van der Waals surface area contributed by atoms with Crippen LogP contribution in [0.25, 0.3) is 0 Å². The standard InChI is InChI=1S/C15H24BrN3O/c1-11-9-12(16)10-19-15(11)18-7-2-8-20-14-5-3-13(17)4-6-14/h9-10,13-14H,2-8,17H2,1H3,(H,18,19). The van der Waals surface area contributed by atoms with E-state index in [0.717, 1.165) is 61.1 Å². The van der Waals surface area contributed by atoms with Crippen molar-refractivity contribution in [3.8, 4) is 0 Å². The Bertz CT molecular complexity index is 420. The van der Waals surface area contributed by atoms with Crippen LogP contribution in [-0.4, -0.2) is 30.3 Å². The first kappa shape index (κ1) is 15.7. The number of ether oxygens (including phenoxy) is 1. The zero-order valence-corrected chi connectivity index (χ0v) is 13.7. The Hall–Kier alpha value is -0.650. The molecule has 0 aromatic carbocycles. The summed E-state index contributed by atoms with van der Waals surface area (Å²) in [5, 5.41) is 3.35. The molecule has 0 radical (unpaired) electrons. The highest BCUT2D eigenvalue weighted by Crippen LogP contribution is 2.20. The van der Waals surface area contributed by atoms with Crippen LogP contribution in [-0.2, 0) is 4.74 Å². The Morgan fingerprint density at radius 2 is 2.15 bits per heavy atom. The van der Waals surface area contributed by atoms with Crippen molar-refractivity contribution in [3.63, 3.8) is 0 Å². The molecule has 0 amide bonds. The maximum Gasteiger partial charge on any atom is 0.128 e. The van der Waals surface area contributed by atoms with E-state index < -0.39 is 0 Å². The van der Waals surface area contributed by atoms with Crippen LogP contribution in [0.5, 0.6) is 0 Å². The van der Waals surface area contributed by atoms with Gasteiger partial charge in [-0.25, -0.2) is 4.98 Å². The van der Waals surface area contributed by atoms with Crippen LogP contribution in [0.2, 0.25) is 0 Å². The van der Waals surface area contributed by atoms with E-state index >= 15 is 0 Å². The minimum absolute atomic E-state index is 0.392. The fraction of sp³-hybridized carbons (Fsp3) is 0.667. The highest BCUT2D eigenvalue weighted by molar-refractivity contribution is 9.10. The number of hydrogen-bond donors (Lipinski definition) is 2. The van der Waals surface area contributed by atoms with Gasteiger partial charge in [0, 0.05) is 29.9 Å². The molecule has 1 aromatic rings. The molecule has 20 heavy (non-hydrogen) atoms. The molecule has 1 aromatic heterocycles. The van der Waals surface area contributed by atoms with Crippen molar-refractivity contribution in [1.29, 1.82) is 0 Å². The van der Waals surface area contributed by atoms with Crippen molar-refractivity contribution in [1.82, 2.24) is 4.98 Å². The Labute approximate surface area is 129 Å². The van der Waals surface area contributed by atoms with Crippen LogP contribution in [0.4, 0.5) is 5.82 Å². The van der Waals surface area contributed by atoms with E-state index in [9.17, 15) is 0 Å². The Morgan fingerprint density at radius 1 is 1.40 bits per heavy atom. The minimum Gasteiger partial charge on any atom is -0.378 e. The summed E-state index contributed by atoms with van der Waals surface area (Å²) in [5.41, 5.74) is 7.04. The Morgan fingerprint density at radius 3 is 2.85 bits per heavy atom. The second-order valence-electron chi connectivity index (χ2n) is 5.51. The first-order chi connectivity index (χ1) is 9.65. The largest absolute Gasteiger partial charge is 0.378 e. The van der Waals surface area contributed by atoms with Crippen LogP contribution in [0.3, 0.4) is 0 Å². The summed E-state index contributed by atoms with van der Waals surface area (Å²) < 4.78 is 6.91. The zero-order chi connectivity index (χ0) is 14.4. The van der Waals surface area contributed by atoms with Crippen molar-refractivity contribution < 1.29 is 4.74 Å². The average Bonchev–Trinajstić information content (AvgIpc) is 2.42. The number of nitrogens with one attached hydrogen (secondary N) is 1. The van der Waals surface area contributed by atoms with E-state index in [2.05, 4.69) is 39.2 Å². The molecule has 1 fully saturated rings. The molecule has 0 bridgehead atoms. The molecule has 1 aliphatic carbocycles. The first-order valence-corrected chi connectivity index (χ1v) is 8.17. The van der Waals surface area contributed by atoms with Crippen molar-refractivity contribution in [3.05, 3.63) is 22.3 Å². The van der Waals surface area contributed by atoms with Crippen molar-refractivity contribution in [2.24, 2.45) is 5.73 Å². The van der Waals surface area contributed by atoms with Gasteiger partial charge in [0.15, 0.2) is 0 Å². The molecular weight excluding hydrogens is 318 g/mol. The van der Waals surface area contributed by atoms with Gasteiger partial charge in [-0.1, -0.05) is 0 Å². The van der Waals surface area contributed by atoms with E-state index in [1.54, 1.807) is 0 Å². The van der Waals surface area contributed by atoms with Gasteiger partial charge < -0.3 is 15.8 Å². The van der Waals surface area contributed by atoms with Gasteiger partial charge in [0.1, 0.15) is 5.82 Å². The third-order valence-corrected chi connectivity index (χ3v) is 4.16. The van der Waals surface area contributed by atoms with E-state index in [-0.39, 0.29) is 0 Å². The molecule has 5 heteroatoms. The maximum atomic E-state index is 5.90. The average molecular weight is 342 g/mol. The number of nitrogens with zero attached hydrogens (tertiary/aromatic N) is 1. The van der Waals surface area contributed by atoms with Crippen molar-refractivity contribution in [2.75, 3.05) is 18.5 Å². The maximum absolute atomic E-state index is 5.90. The number of pyridine rings is 1. The number of aryl methyl sites for hydroxylation is 1. The smallest absolute Gasteiger partial charge is 0.128 e. The molecule has 2 rings (SSSR count). The van der Waals surface area contributed by atoms with E-state index in [4.69, 9.17) is 10.5 Å². The SMILES string of the molecule is Cc1cc(Br)cnc1NCCCOC1CCC(N)CC1. The van der Waals surface area contributed by atoms with Gasteiger partial charge in [0.25, 0.3) is 0 Å². The predicted molar refractivity (Wildman–Crippen MR) is 86.0 cm³/mol. The lowest BCUT2D eigenvalue weighted by Crippen LogP contribution is -2.30. The minimum atomic E-state index is 0.392. The fourth-order valence-electron chi connectivity index (χ4n) is 2.51. The quantitative estimate of drug-likeness (QED) is 0.779. The molecule has 0 unspecified atom stereocenters. The van der Waals surface area contributed by atoms with Gasteiger partial charge >= 0.3 is 0 Å². The molecule has 0 saturated heterocycles. The van der Waals surface area contributed by atoms with Crippen LogP contribution >= 0.6 is 15.9 Å². The normalized spacial score (nSPS) is 22.8. The summed E-state index contributed by atoms with van der Waals surface area (Å²) in [6.07, 6.45) is 7.67. The summed E-state index contributed by atoms with van der Waals surface area (Å²) in [7, 11) is 0. The summed E-state index contributed by atoms with van der Waals surface area (Å²) in [5.74, 6) is 0.955. The molecule has 1 saturated carbocycles. The second-order valence-corrected chi connectivity index (χ2v) is 6.42. The van der Waals surface area contributed by atoms with Gasteiger partial charge in [-0.05, 0) is 66.6 Å². The topological polar surface area (TPSA) is 60.2 Å². The monoisotopic (exact) mass is 341 g/mol. The number of rotatable bonds is 6. The van der Waals surface area contributed by atoms with E-state index in [0.29, 0.717) is 12.1 Å². The van der Waals surface area contributed by atoms with Crippen LogP contribution < -0.4 is 11.1 Å². The van der Waals surface area contributed by atoms with Crippen LogP contribution in [0.1, 0.15) is 37.7 Å². The van der Waals surface area contributed by atoms with Gasteiger partial charge in [-0.2, -0.15) is 0 Å². The molecule has 0 aliphatic heterocycles. The lowest BCUT2D eigenvalue weighted by atomic mass is 9.94. The third kappa shape index (κ3) is 5.04. The molecule has 0 spiro atoms. The highest BCUT2D eigenvalue weighted by atomic mass is 79.9. The van der Waals surface area contributed by atoms with E-state index in [1.807, 2.05) is 6.20 Å². The van der Waals surface area contributed by atoms with Gasteiger partial charge in [0.05, 0.1) is 6.10 Å². The molecular formula is C15H24BrN3O. The molecule has 4 nitrogen and oxygen atoms in total. The highest BCUT2D eigenvalue weighted by Gasteiger charge is 2.18. The van der Waals surface area contributed by atoms with E-state index in [1.165, 1.54) is 0 Å². The Balaban J connectivity index is 1.59. The molecule has 1 heterocycles. The van der Waals surface area contributed by atoms with Crippen LogP contribution in [0.15, 0.2) is 16.7 Å². The lowest BCUT2D eigenvalue weighted by Gasteiger charge is -2.26. The Kier molecular flexibility index (Phi) is 6.26. The molecule has 112 valence electrons. The molecule has 0 atom stereocenters. The second kappa shape index (κ2) is 7.96. The number of nitrogens with two attached hydrogens (primary N) is 1. The third-order valence-electron chi connectivity index (χ3n) is 3.73. The zero-order valence-electron chi connectivity index (χ0n) is 12.1. The number of aromatic nitrogens is 1. The number of hydrogen-bond acceptors (Lipinski definition) is 4. The first-order valence-electron chi connectivity index (χ1n) is 7.38. The summed E-state index contributed by atoms with van der Waals surface area (Å²) >= 11 is 3.42. The van der Waals surface area contributed by atoms with Gasteiger partial charge in [-0.3, -0.25) is 0 Å². The number of halogens is 1. The van der Waals surface area contributed by atoms with Gasteiger partial charge in [0.2, 0.25) is 0 Å². The number of anilines is 1. The van der Waals surface area contributed by atoms with Crippen LogP contribution in [0, 0.1) is 6.92 Å². The fourth-order valence-corrected chi connectivity index (χ4v) is 2.96. The summed E-state index contributed by atoms with van der Waals surface area (Å²) in [4.78, 5) is 4.36. The predicted octanol–water partition coefficient (Wildman–Crippen LogP) is 3.24. The molecule has 1 aliphatic rings. The van der Waals surface area contributed by atoms with Crippen molar-refractivity contribution in [2.45, 2.75) is 51.2 Å².